The minimum absolute atomic E-state index is 0.490. The van der Waals surface area contributed by atoms with Crippen molar-refractivity contribution in [2.24, 2.45) is 0 Å². The zero-order valence-electron chi connectivity index (χ0n) is 9.40. The molecule has 82 valence electrons. The third-order valence-electron chi connectivity index (χ3n) is 2.59. The molecule has 3 heteroatoms. The Morgan fingerprint density at radius 2 is 2.07 bits per heavy atom. The quantitative estimate of drug-likeness (QED) is 0.823. The van der Waals surface area contributed by atoms with Crippen molar-refractivity contribution in [3.8, 4) is 0 Å². The second-order valence-corrected chi connectivity index (χ2v) is 3.59. The van der Waals surface area contributed by atoms with Crippen molar-refractivity contribution in [3.05, 3.63) is 29.8 Å². The van der Waals surface area contributed by atoms with Gasteiger partial charge in [-0.2, -0.15) is 0 Å². The van der Waals surface area contributed by atoms with Gasteiger partial charge in [-0.05, 0) is 32.4 Å². The summed E-state index contributed by atoms with van der Waals surface area (Å²) in [5, 5.41) is 8.99. The van der Waals surface area contributed by atoms with Crippen molar-refractivity contribution < 1.29 is 9.90 Å². The zero-order valence-corrected chi connectivity index (χ0v) is 9.40. The largest absolute Gasteiger partial charge is 0.480 e. The SMILES string of the molecule is CCN(c1ccccc1C)C(C)C(=O)O. The number of carboxylic acids is 1. The number of rotatable bonds is 4. The molecule has 0 bridgehead atoms. The topological polar surface area (TPSA) is 40.5 Å². The van der Waals surface area contributed by atoms with Crippen LogP contribution in [0.3, 0.4) is 0 Å². The van der Waals surface area contributed by atoms with Crippen LogP contribution in [0.2, 0.25) is 0 Å². The van der Waals surface area contributed by atoms with Crippen molar-refractivity contribution in [3.63, 3.8) is 0 Å². The maximum Gasteiger partial charge on any atom is 0.326 e. The lowest BCUT2D eigenvalue weighted by Gasteiger charge is -2.28. The summed E-state index contributed by atoms with van der Waals surface area (Å²) in [7, 11) is 0. The highest BCUT2D eigenvalue weighted by atomic mass is 16.4. The van der Waals surface area contributed by atoms with E-state index in [2.05, 4.69) is 0 Å². The van der Waals surface area contributed by atoms with Gasteiger partial charge in [-0.3, -0.25) is 0 Å². The molecule has 0 aliphatic carbocycles. The van der Waals surface area contributed by atoms with Crippen molar-refractivity contribution >= 4 is 11.7 Å². The van der Waals surface area contributed by atoms with Crippen LogP contribution in [0.15, 0.2) is 24.3 Å². The molecule has 0 saturated heterocycles. The average Bonchev–Trinajstić information content (AvgIpc) is 2.21. The molecule has 0 spiro atoms. The number of carbonyl (C=O) groups is 1. The first-order valence-corrected chi connectivity index (χ1v) is 5.13. The predicted octanol–water partition coefficient (Wildman–Crippen LogP) is 2.29. The van der Waals surface area contributed by atoms with E-state index in [0.29, 0.717) is 6.54 Å². The lowest BCUT2D eigenvalue weighted by Crippen LogP contribution is -2.39. The van der Waals surface area contributed by atoms with E-state index in [1.54, 1.807) is 6.92 Å². The lowest BCUT2D eigenvalue weighted by molar-refractivity contribution is -0.138. The van der Waals surface area contributed by atoms with Gasteiger partial charge < -0.3 is 10.0 Å². The second-order valence-electron chi connectivity index (χ2n) is 3.59. The number of nitrogens with zero attached hydrogens (tertiary/aromatic N) is 1. The molecule has 0 heterocycles. The molecule has 1 rings (SSSR count). The van der Waals surface area contributed by atoms with Gasteiger partial charge in [0.25, 0.3) is 0 Å². The summed E-state index contributed by atoms with van der Waals surface area (Å²) < 4.78 is 0. The van der Waals surface area contributed by atoms with Gasteiger partial charge >= 0.3 is 5.97 Å². The van der Waals surface area contributed by atoms with Crippen LogP contribution in [0, 0.1) is 6.92 Å². The molecule has 1 unspecified atom stereocenters. The Hall–Kier alpha value is -1.51. The Balaban J connectivity index is 3.02. The van der Waals surface area contributed by atoms with E-state index in [4.69, 9.17) is 5.11 Å². The van der Waals surface area contributed by atoms with Gasteiger partial charge in [0.1, 0.15) is 6.04 Å². The number of anilines is 1. The fourth-order valence-corrected chi connectivity index (χ4v) is 1.67. The molecule has 0 radical (unpaired) electrons. The molecule has 0 aliphatic rings. The summed E-state index contributed by atoms with van der Waals surface area (Å²) in [4.78, 5) is 12.8. The molecule has 0 aliphatic heterocycles. The Labute approximate surface area is 90.3 Å². The van der Waals surface area contributed by atoms with E-state index in [1.807, 2.05) is 43.0 Å². The number of para-hydroxylation sites is 1. The van der Waals surface area contributed by atoms with E-state index < -0.39 is 12.0 Å². The van der Waals surface area contributed by atoms with Crippen molar-refractivity contribution in [1.82, 2.24) is 0 Å². The molecule has 0 fully saturated rings. The Bertz CT molecular complexity index is 349. The van der Waals surface area contributed by atoms with Gasteiger partial charge in [0.05, 0.1) is 0 Å². The summed E-state index contributed by atoms with van der Waals surface area (Å²) in [6, 6.07) is 7.35. The average molecular weight is 207 g/mol. The second kappa shape index (κ2) is 4.82. The first-order chi connectivity index (χ1) is 7.07. The van der Waals surface area contributed by atoms with Crippen LogP contribution in [0.4, 0.5) is 5.69 Å². The predicted molar refractivity (Wildman–Crippen MR) is 61.3 cm³/mol. The van der Waals surface area contributed by atoms with Crippen LogP contribution >= 0.6 is 0 Å². The molecule has 1 N–H and O–H groups in total. The highest BCUT2D eigenvalue weighted by molar-refractivity contribution is 5.78. The van der Waals surface area contributed by atoms with Gasteiger partial charge in [-0.15, -0.1) is 0 Å². The minimum atomic E-state index is -0.792. The maximum atomic E-state index is 10.9. The molecule has 0 amide bonds. The van der Waals surface area contributed by atoms with Crippen LogP contribution < -0.4 is 4.90 Å². The summed E-state index contributed by atoms with van der Waals surface area (Å²) in [6.07, 6.45) is 0. The highest BCUT2D eigenvalue weighted by Crippen LogP contribution is 2.21. The minimum Gasteiger partial charge on any atom is -0.480 e. The summed E-state index contributed by atoms with van der Waals surface area (Å²) in [5.41, 5.74) is 2.10. The molecule has 3 nitrogen and oxygen atoms in total. The number of likely N-dealkylation sites (N-methyl/N-ethyl adjacent to an activating group) is 1. The standard InChI is InChI=1S/C12H17NO2/c1-4-13(10(3)12(14)15)11-8-6-5-7-9(11)2/h5-8,10H,4H2,1-3H3,(H,14,15). The molecule has 1 atom stereocenters. The summed E-state index contributed by atoms with van der Waals surface area (Å²) >= 11 is 0. The van der Waals surface area contributed by atoms with E-state index in [1.165, 1.54) is 0 Å². The monoisotopic (exact) mass is 207 g/mol. The van der Waals surface area contributed by atoms with E-state index in [0.717, 1.165) is 11.3 Å². The first kappa shape index (κ1) is 11.6. The van der Waals surface area contributed by atoms with Crippen LogP contribution in [0.5, 0.6) is 0 Å². The number of carboxylic acid groups (broad SMARTS) is 1. The fraction of sp³-hybridized carbons (Fsp3) is 0.417. The fourth-order valence-electron chi connectivity index (χ4n) is 1.67. The molecule has 0 saturated carbocycles. The Morgan fingerprint density at radius 3 is 2.53 bits per heavy atom. The molecule has 1 aromatic rings. The van der Waals surface area contributed by atoms with Gasteiger partial charge in [0, 0.05) is 12.2 Å². The van der Waals surface area contributed by atoms with Gasteiger partial charge in [0.2, 0.25) is 0 Å². The summed E-state index contributed by atoms with van der Waals surface area (Å²) in [6.45, 7) is 6.36. The third kappa shape index (κ3) is 2.49. The van der Waals surface area contributed by atoms with Crippen LogP contribution in [-0.4, -0.2) is 23.7 Å². The van der Waals surface area contributed by atoms with E-state index in [-0.39, 0.29) is 0 Å². The molecular weight excluding hydrogens is 190 g/mol. The Kier molecular flexibility index (Phi) is 3.72. The highest BCUT2D eigenvalue weighted by Gasteiger charge is 2.20. The van der Waals surface area contributed by atoms with E-state index >= 15 is 0 Å². The molecule has 1 aromatic carbocycles. The molecule has 0 aromatic heterocycles. The molecular formula is C12H17NO2. The number of hydrogen-bond acceptors (Lipinski definition) is 2. The maximum absolute atomic E-state index is 10.9. The number of aryl methyl sites for hydroxylation is 1. The summed E-state index contributed by atoms with van der Waals surface area (Å²) in [5.74, 6) is -0.792. The first-order valence-electron chi connectivity index (χ1n) is 5.13. The van der Waals surface area contributed by atoms with Gasteiger partial charge in [0.15, 0.2) is 0 Å². The van der Waals surface area contributed by atoms with Crippen molar-refractivity contribution in [2.45, 2.75) is 26.8 Å². The van der Waals surface area contributed by atoms with Crippen LogP contribution in [-0.2, 0) is 4.79 Å². The van der Waals surface area contributed by atoms with Crippen molar-refractivity contribution in [1.29, 1.82) is 0 Å². The van der Waals surface area contributed by atoms with Gasteiger partial charge in [-0.25, -0.2) is 4.79 Å². The Morgan fingerprint density at radius 1 is 1.47 bits per heavy atom. The lowest BCUT2D eigenvalue weighted by atomic mass is 10.1. The number of hydrogen-bond donors (Lipinski definition) is 1. The number of benzene rings is 1. The smallest absolute Gasteiger partial charge is 0.326 e. The van der Waals surface area contributed by atoms with E-state index in [9.17, 15) is 4.79 Å². The van der Waals surface area contributed by atoms with Crippen LogP contribution in [0.1, 0.15) is 19.4 Å². The van der Waals surface area contributed by atoms with Crippen LogP contribution in [0.25, 0.3) is 0 Å². The molecule has 15 heavy (non-hydrogen) atoms. The zero-order chi connectivity index (χ0) is 11.4. The van der Waals surface area contributed by atoms with Gasteiger partial charge in [-0.1, -0.05) is 18.2 Å². The van der Waals surface area contributed by atoms with Crippen molar-refractivity contribution in [2.75, 3.05) is 11.4 Å². The third-order valence-corrected chi connectivity index (χ3v) is 2.59. The normalized spacial score (nSPS) is 12.2. The number of aliphatic carboxylic acids is 1.